The minimum absolute atomic E-state index is 0.120. The van der Waals surface area contributed by atoms with Crippen molar-refractivity contribution in [2.24, 2.45) is 0 Å². The molecule has 2 rings (SSSR count). The van der Waals surface area contributed by atoms with E-state index in [2.05, 4.69) is 5.10 Å². The molecule has 0 radical (unpaired) electrons. The molecular weight excluding hydrogens is 252 g/mol. The molecule has 1 aromatic rings. The maximum atomic E-state index is 10.8. The number of hydrogen-bond acceptors (Lipinski definition) is 4. The van der Waals surface area contributed by atoms with Crippen LogP contribution in [0.25, 0.3) is 0 Å². The predicted octanol–water partition coefficient (Wildman–Crippen LogP) is 2.35. The summed E-state index contributed by atoms with van der Waals surface area (Å²) < 4.78 is 20.6. The highest BCUT2D eigenvalue weighted by molar-refractivity contribution is 8.24. The molecule has 1 fully saturated rings. The van der Waals surface area contributed by atoms with Gasteiger partial charge in [0.25, 0.3) is 0 Å². The first-order valence-corrected chi connectivity index (χ1v) is 7.14. The Morgan fingerprint density at radius 3 is 2.75 bits per heavy atom. The summed E-state index contributed by atoms with van der Waals surface area (Å²) in [7, 11) is -2.48. The van der Waals surface area contributed by atoms with Crippen LogP contribution in [0.15, 0.2) is 0 Å². The van der Waals surface area contributed by atoms with Crippen LogP contribution in [0, 0.1) is 6.92 Å². The molecule has 0 amide bonds. The molecule has 0 bridgehead atoms. The molecule has 2 heterocycles. The monoisotopic (exact) mass is 264 g/mol. The zero-order valence-corrected chi connectivity index (χ0v) is 10.3. The molecule has 5 nitrogen and oxygen atoms in total. The topological polar surface area (TPSA) is 75.3 Å². The standard InChI is InChI=1S/C9H13ClN2O3S/c1-6-8(4-13)9(10)12(11-6)7-2-3-16(14,15)5-7/h4,7,14-15H,2-3,5H2,1H3. The summed E-state index contributed by atoms with van der Waals surface area (Å²) in [5, 5.41) is 4.46. The van der Waals surface area contributed by atoms with Crippen LogP contribution in [0.2, 0.25) is 5.15 Å². The third-order valence-corrected chi connectivity index (χ3v) is 4.96. The van der Waals surface area contributed by atoms with E-state index in [9.17, 15) is 13.9 Å². The van der Waals surface area contributed by atoms with E-state index in [1.165, 1.54) is 4.68 Å². The average Bonchev–Trinajstić information content (AvgIpc) is 2.68. The summed E-state index contributed by atoms with van der Waals surface area (Å²) in [5.74, 6) is 0.648. The lowest BCUT2D eigenvalue weighted by molar-refractivity contribution is 0.112. The highest BCUT2D eigenvalue weighted by Gasteiger charge is 2.32. The van der Waals surface area contributed by atoms with Gasteiger partial charge in [0, 0.05) is 5.75 Å². The smallest absolute Gasteiger partial charge is 0.155 e. The van der Waals surface area contributed by atoms with Crippen molar-refractivity contribution in [3.8, 4) is 0 Å². The van der Waals surface area contributed by atoms with Gasteiger partial charge in [-0.05, 0) is 13.3 Å². The maximum Gasteiger partial charge on any atom is 0.155 e. The van der Waals surface area contributed by atoms with E-state index in [4.69, 9.17) is 11.6 Å². The maximum absolute atomic E-state index is 10.8. The highest BCUT2D eigenvalue weighted by atomic mass is 35.5. The number of hydrogen-bond donors (Lipinski definition) is 2. The molecule has 1 aliphatic rings. The molecule has 0 aliphatic carbocycles. The second-order valence-electron chi connectivity index (χ2n) is 3.97. The van der Waals surface area contributed by atoms with Crippen LogP contribution >= 0.6 is 22.2 Å². The molecule has 16 heavy (non-hydrogen) atoms. The van der Waals surface area contributed by atoms with Crippen molar-refractivity contribution in [2.45, 2.75) is 19.4 Å². The lowest BCUT2D eigenvalue weighted by Crippen LogP contribution is -2.11. The molecule has 2 N–H and O–H groups in total. The van der Waals surface area contributed by atoms with Crippen LogP contribution in [0.4, 0.5) is 0 Å². The number of rotatable bonds is 2. The Morgan fingerprint density at radius 2 is 2.31 bits per heavy atom. The highest BCUT2D eigenvalue weighted by Crippen LogP contribution is 2.50. The third-order valence-electron chi connectivity index (χ3n) is 2.77. The van der Waals surface area contributed by atoms with Crippen LogP contribution in [0.5, 0.6) is 0 Å². The number of carbonyl (C=O) groups is 1. The Labute approximate surface area is 99.8 Å². The van der Waals surface area contributed by atoms with Crippen molar-refractivity contribution in [3.63, 3.8) is 0 Å². The second kappa shape index (κ2) is 4.03. The van der Waals surface area contributed by atoms with Gasteiger partial charge >= 0.3 is 0 Å². The largest absolute Gasteiger partial charge is 0.299 e. The molecular formula is C9H13ClN2O3S. The van der Waals surface area contributed by atoms with Crippen LogP contribution in [0.1, 0.15) is 28.5 Å². The van der Waals surface area contributed by atoms with Gasteiger partial charge in [-0.3, -0.25) is 13.9 Å². The van der Waals surface area contributed by atoms with Gasteiger partial charge in [0.2, 0.25) is 0 Å². The van der Waals surface area contributed by atoms with Gasteiger partial charge < -0.3 is 0 Å². The quantitative estimate of drug-likeness (QED) is 0.804. The summed E-state index contributed by atoms with van der Waals surface area (Å²) in [6, 6.07) is -0.120. The van der Waals surface area contributed by atoms with Gasteiger partial charge in [-0.2, -0.15) is 15.7 Å². The molecule has 1 aromatic heterocycles. The van der Waals surface area contributed by atoms with Crippen LogP contribution in [0.3, 0.4) is 0 Å². The van der Waals surface area contributed by atoms with E-state index >= 15 is 0 Å². The summed E-state index contributed by atoms with van der Waals surface area (Å²) in [5.41, 5.74) is 0.952. The van der Waals surface area contributed by atoms with E-state index < -0.39 is 10.6 Å². The number of aldehydes is 1. The lowest BCUT2D eigenvalue weighted by atomic mass is 10.2. The summed E-state index contributed by atoms with van der Waals surface area (Å²) in [6.07, 6.45) is 1.30. The van der Waals surface area contributed by atoms with E-state index in [0.717, 1.165) is 0 Å². The number of aromatic nitrogens is 2. The first kappa shape index (κ1) is 11.9. The molecule has 7 heteroatoms. The predicted molar refractivity (Wildman–Crippen MR) is 63.6 cm³/mol. The van der Waals surface area contributed by atoms with Crippen molar-refractivity contribution < 1.29 is 13.9 Å². The van der Waals surface area contributed by atoms with E-state index in [-0.39, 0.29) is 16.9 Å². The molecule has 1 atom stereocenters. The fourth-order valence-corrected chi connectivity index (χ4v) is 4.00. The zero-order valence-electron chi connectivity index (χ0n) is 8.76. The third kappa shape index (κ3) is 1.98. The summed E-state index contributed by atoms with van der Waals surface area (Å²) in [4.78, 5) is 10.8. The van der Waals surface area contributed by atoms with Crippen LogP contribution in [-0.4, -0.2) is 36.7 Å². The van der Waals surface area contributed by atoms with Crippen molar-refractivity contribution >= 4 is 28.5 Å². The van der Waals surface area contributed by atoms with Gasteiger partial charge in [-0.1, -0.05) is 11.6 Å². The van der Waals surface area contributed by atoms with Gasteiger partial charge in [-0.15, -0.1) is 0 Å². The van der Waals surface area contributed by atoms with Gasteiger partial charge in [0.05, 0.1) is 23.1 Å². The van der Waals surface area contributed by atoms with Crippen LogP contribution in [-0.2, 0) is 0 Å². The molecule has 1 saturated heterocycles. The Kier molecular flexibility index (Phi) is 3.00. The van der Waals surface area contributed by atoms with E-state index in [1.54, 1.807) is 6.92 Å². The normalized spacial score (nSPS) is 25.6. The summed E-state index contributed by atoms with van der Waals surface area (Å²) in [6.45, 7) is 1.71. The number of carbonyl (C=O) groups excluding carboxylic acids is 1. The summed E-state index contributed by atoms with van der Waals surface area (Å²) >= 11 is 6.02. The zero-order chi connectivity index (χ0) is 11.9. The number of aryl methyl sites for hydroxylation is 1. The fraction of sp³-hybridized carbons (Fsp3) is 0.556. The molecule has 0 aromatic carbocycles. The Balaban J connectivity index is 2.32. The van der Waals surface area contributed by atoms with Crippen molar-refractivity contribution in [2.75, 3.05) is 11.5 Å². The van der Waals surface area contributed by atoms with Gasteiger partial charge in [-0.25, -0.2) is 4.68 Å². The van der Waals surface area contributed by atoms with Crippen molar-refractivity contribution in [1.29, 1.82) is 0 Å². The SMILES string of the molecule is Cc1nn(C2CCS(O)(O)C2)c(Cl)c1C=O. The number of halogens is 1. The number of nitrogens with zero attached hydrogens (tertiary/aromatic N) is 2. The van der Waals surface area contributed by atoms with E-state index in [0.29, 0.717) is 29.7 Å². The van der Waals surface area contributed by atoms with E-state index in [1.807, 2.05) is 0 Å². The van der Waals surface area contributed by atoms with Crippen LogP contribution < -0.4 is 0 Å². The van der Waals surface area contributed by atoms with Crippen molar-refractivity contribution in [1.82, 2.24) is 9.78 Å². The molecule has 1 aliphatic heterocycles. The second-order valence-corrected chi connectivity index (χ2v) is 6.67. The minimum Gasteiger partial charge on any atom is -0.299 e. The molecule has 1 unspecified atom stereocenters. The molecule has 0 saturated carbocycles. The fourth-order valence-electron chi connectivity index (χ4n) is 1.90. The van der Waals surface area contributed by atoms with Crippen molar-refractivity contribution in [3.05, 3.63) is 16.4 Å². The average molecular weight is 265 g/mol. The lowest BCUT2D eigenvalue weighted by Gasteiger charge is -2.25. The molecule has 0 spiro atoms. The first-order chi connectivity index (χ1) is 7.44. The minimum atomic E-state index is -2.48. The Bertz CT molecular complexity index is 433. The Hall–Kier alpha value is -0.560. The Morgan fingerprint density at radius 1 is 1.62 bits per heavy atom. The molecule has 90 valence electrons. The van der Waals surface area contributed by atoms with Gasteiger partial charge in [0.15, 0.2) is 6.29 Å². The van der Waals surface area contributed by atoms with Gasteiger partial charge in [0.1, 0.15) is 5.15 Å². The first-order valence-electron chi connectivity index (χ1n) is 4.88.